The number of aryl methyl sites for hydroxylation is 1. The van der Waals surface area contributed by atoms with E-state index in [1.165, 1.54) is 19.1 Å². The van der Waals surface area contributed by atoms with Crippen LogP contribution >= 0.6 is 0 Å². The minimum Gasteiger partial charge on any atom is -0.399 e. The van der Waals surface area contributed by atoms with Crippen molar-refractivity contribution in [2.24, 2.45) is 0 Å². The third kappa shape index (κ3) is 2.68. The summed E-state index contributed by atoms with van der Waals surface area (Å²) in [7, 11) is -3.98. The molecular formula is C11H12FN3O3S. The van der Waals surface area contributed by atoms with Gasteiger partial charge in [-0.15, -0.1) is 0 Å². The predicted octanol–water partition coefficient (Wildman–Crippen LogP) is 1.81. The van der Waals surface area contributed by atoms with Crippen LogP contribution in [0.5, 0.6) is 0 Å². The molecule has 0 atom stereocenters. The number of nitrogens with two attached hydrogens (primary N) is 1. The van der Waals surface area contributed by atoms with Crippen LogP contribution in [-0.2, 0) is 10.0 Å². The van der Waals surface area contributed by atoms with Gasteiger partial charge in [0.25, 0.3) is 10.0 Å². The Morgan fingerprint density at radius 3 is 2.58 bits per heavy atom. The summed E-state index contributed by atoms with van der Waals surface area (Å²) in [5.74, 6) is -0.728. The number of hydrogen-bond acceptors (Lipinski definition) is 5. The van der Waals surface area contributed by atoms with E-state index in [1.807, 2.05) is 0 Å². The van der Waals surface area contributed by atoms with E-state index in [0.717, 1.165) is 6.07 Å². The maximum atomic E-state index is 13.5. The smallest absolute Gasteiger partial charge is 0.264 e. The molecule has 102 valence electrons. The lowest BCUT2D eigenvalue weighted by Gasteiger charge is -2.09. The fraction of sp³-hybridized carbons (Fsp3) is 0.182. The molecule has 2 rings (SSSR count). The van der Waals surface area contributed by atoms with E-state index in [1.54, 1.807) is 6.92 Å². The van der Waals surface area contributed by atoms with Gasteiger partial charge in [0.15, 0.2) is 0 Å². The number of sulfonamides is 1. The maximum Gasteiger partial charge on any atom is 0.264 e. The normalized spacial score (nSPS) is 11.5. The zero-order chi connectivity index (χ0) is 14.2. The summed E-state index contributed by atoms with van der Waals surface area (Å²) in [5, 5.41) is 3.55. The van der Waals surface area contributed by atoms with Crippen molar-refractivity contribution in [2.45, 2.75) is 18.7 Å². The summed E-state index contributed by atoms with van der Waals surface area (Å²) in [5.41, 5.74) is 5.99. The Bertz CT molecular complexity index is 725. The predicted molar refractivity (Wildman–Crippen MR) is 67.6 cm³/mol. The molecule has 1 aromatic carbocycles. The van der Waals surface area contributed by atoms with Crippen molar-refractivity contribution in [3.8, 4) is 0 Å². The van der Waals surface area contributed by atoms with E-state index in [4.69, 9.17) is 10.3 Å². The SMILES string of the molecule is Cc1cc(NS(=O)(=O)c2cc(N)cc(F)c2C)on1. The van der Waals surface area contributed by atoms with Crippen molar-refractivity contribution in [1.29, 1.82) is 0 Å². The summed E-state index contributed by atoms with van der Waals surface area (Å²) in [6.07, 6.45) is 0. The Hall–Kier alpha value is -2.09. The Morgan fingerprint density at radius 2 is 2.00 bits per heavy atom. The molecule has 3 N–H and O–H groups in total. The summed E-state index contributed by atoms with van der Waals surface area (Å²) in [6, 6.07) is 3.66. The quantitative estimate of drug-likeness (QED) is 0.838. The Balaban J connectivity index is 2.45. The molecular weight excluding hydrogens is 273 g/mol. The molecule has 0 bridgehead atoms. The molecule has 0 unspecified atom stereocenters. The Kier molecular flexibility index (Phi) is 3.19. The molecule has 8 heteroatoms. The first-order valence-electron chi connectivity index (χ1n) is 5.31. The van der Waals surface area contributed by atoms with E-state index in [2.05, 4.69) is 9.88 Å². The monoisotopic (exact) mass is 285 g/mol. The lowest BCUT2D eigenvalue weighted by molar-refractivity contribution is 0.430. The van der Waals surface area contributed by atoms with Gasteiger partial charge >= 0.3 is 0 Å². The molecule has 19 heavy (non-hydrogen) atoms. The molecule has 6 nitrogen and oxygen atoms in total. The third-order valence-corrected chi connectivity index (χ3v) is 3.94. The van der Waals surface area contributed by atoms with Crippen molar-refractivity contribution in [3.05, 3.63) is 35.3 Å². The molecule has 0 saturated heterocycles. The van der Waals surface area contributed by atoms with Gasteiger partial charge in [0.05, 0.1) is 10.6 Å². The van der Waals surface area contributed by atoms with Gasteiger partial charge in [0, 0.05) is 17.3 Å². The van der Waals surface area contributed by atoms with Gasteiger partial charge in [0.1, 0.15) is 5.82 Å². The number of aromatic nitrogens is 1. The molecule has 2 aromatic rings. The summed E-state index contributed by atoms with van der Waals surface area (Å²) < 4.78 is 44.7. The number of nitrogens with zero attached hydrogens (tertiary/aromatic N) is 1. The molecule has 1 heterocycles. The van der Waals surface area contributed by atoms with E-state index < -0.39 is 15.8 Å². The topological polar surface area (TPSA) is 98.2 Å². The fourth-order valence-electron chi connectivity index (χ4n) is 1.55. The molecule has 0 aliphatic carbocycles. The van der Waals surface area contributed by atoms with Gasteiger partial charge in [0.2, 0.25) is 5.88 Å². The second kappa shape index (κ2) is 4.54. The third-order valence-electron chi connectivity index (χ3n) is 2.47. The van der Waals surface area contributed by atoms with Gasteiger partial charge in [-0.3, -0.25) is 0 Å². The number of anilines is 2. The fourth-order valence-corrected chi connectivity index (χ4v) is 2.81. The van der Waals surface area contributed by atoms with Gasteiger partial charge in [-0.2, -0.15) is 0 Å². The molecule has 0 aliphatic heterocycles. The largest absolute Gasteiger partial charge is 0.399 e. The highest BCUT2D eigenvalue weighted by atomic mass is 32.2. The molecule has 0 aliphatic rings. The minimum atomic E-state index is -3.98. The summed E-state index contributed by atoms with van der Waals surface area (Å²) in [6.45, 7) is 3.00. The molecule has 0 spiro atoms. The highest BCUT2D eigenvalue weighted by Crippen LogP contribution is 2.24. The number of nitrogen functional groups attached to an aromatic ring is 1. The Labute approximate surface area is 109 Å². The highest BCUT2D eigenvalue weighted by Gasteiger charge is 2.21. The van der Waals surface area contributed by atoms with Crippen LogP contribution in [0.25, 0.3) is 0 Å². The number of halogens is 1. The van der Waals surface area contributed by atoms with E-state index in [9.17, 15) is 12.8 Å². The first-order valence-corrected chi connectivity index (χ1v) is 6.79. The van der Waals surface area contributed by atoms with E-state index in [-0.39, 0.29) is 22.0 Å². The number of rotatable bonds is 3. The standard InChI is InChI=1S/C11H12FN3O3S/c1-6-3-11(18-14-6)15-19(16,17)10-5-8(13)4-9(12)7(10)2/h3-5,15H,13H2,1-2H3. The first kappa shape index (κ1) is 13.3. The van der Waals surface area contributed by atoms with Gasteiger partial charge in [-0.05, 0) is 26.0 Å². The van der Waals surface area contributed by atoms with Crippen molar-refractivity contribution in [1.82, 2.24) is 5.16 Å². The van der Waals surface area contributed by atoms with Gasteiger partial charge < -0.3 is 10.3 Å². The van der Waals surface area contributed by atoms with Crippen molar-refractivity contribution >= 4 is 21.6 Å². The van der Waals surface area contributed by atoms with Crippen LogP contribution in [-0.4, -0.2) is 13.6 Å². The minimum absolute atomic E-state index is 0.0158. The second-order valence-electron chi connectivity index (χ2n) is 4.06. The molecule has 0 fully saturated rings. The molecule has 0 amide bonds. The molecule has 0 saturated carbocycles. The summed E-state index contributed by atoms with van der Waals surface area (Å²) >= 11 is 0. The zero-order valence-corrected chi connectivity index (χ0v) is 11.1. The van der Waals surface area contributed by atoms with Crippen LogP contribution in [0.3, 0.4) is 0 Å². The maximum absolute atomic E-state index is 13.5. The van der Waals surface area contributed by atoms with Crippen molar-refractivity contribution in [3.63, 3.8) is 0 Å². The zero-order valence-electron chi connectivity index (χ0n) is 10.3. The lowest BCUT2D eigenvalue weighted by Crippen LogP contribution is -2.15. The lowest BCUT2D eigenvalue weighted by atomic mass is 10.2. The van der Waals surface area contributed by atoms with E-state index >= 15 is 0 Å². The van der Waals surface area contributed by atoms with Crippen LogP contribution in [0.1, 0.15) is 11.3 Å². The van der Waals surface area contributed by atoms with Gasteiger partial charge in [-0.1, -0.05) is 5.16 Å². The number of nitrogens with one attached hydrogen (secondary N) is 1. The van der Waals surface area contributed by atoms with Crippen LogP contribution in [0, 0.1) is 19.7 Å². The number of benzene rings is 1. The molecule has 1 aromatic heterocycles. The second-order valence-corrected chi connectivity index (χ2v) is 5.71. The van der Waals surface area contributed by atoms with Crippen LogP contribution in [0.4, 0.5) is 16.0 Å². The van der Waals surface area contributed by atoms with Crippen molar-refractivity contribution in [2.75, 3.05) is 10.5 Å². The van der Waals surface area contributed by atoms with Crippen molar-refractivity contribution < 1.29 is 17.3 Å². The van der Waals surface area contributed by atoms with E-state index in [0.29, 0.717) is 5.69 Å². The Morgan fingerprint density at radius 1 is 1.32 bits per heavy atom. The first-order chi connectivity index (χ1) is 8.79. The number of hydrogen-bond donors (Lipinski definition) is 2. The van der Waals surface area contributed by atoms with Gasteiger partial charge in [-0.25, -0.2) is 17.5 Å². The van der Waals surface area contributed by atoms with Crippen LogP contribution in [0.2, 0.25) is 0 Å². The summed E-state index contributed by atoms with van der Waals surface area (Å²) in [4.78, 5) is -0.237. The average Bonchev–Trinajstić information content (AvgIpc) is 2.68. The highest BCUT2D eigenvalue weighted by molar-refractivity contribution is 7.92. The van der Waals surface area contributed by atoms with Crippen LogP contribution < -0.4 is 10.5 Å². The average molecular weight is 285 g/mol. The van der Waals surface area contributed by atoms with Crippen LogP contribution in [0.15, 0.2) is 27.6 Å². The molecule has 0 radical (unpaired) electrons.